The van der Waals surface area contributed by atoms with Crippen LogP contribution in [0.4, 0.5) is 4.39 Å². The van der Waals surface area contributed by atoms with Crippen LogP contribution in [0.3, 0.4) is 0 Å². The van der Waals surface area contributed by atoms with Gasteiger partial charge in [-0.15, -0.1) is 0 Å². The highest BCUT2D eigenvalue weighted by molar-refractivity contribution is 6.31. The summed E-state index contributed by atoms with van der Waals surface area (Å²) in [6, 6.07) is 7.59. The summed E-state index contributed by atoms with van der Waals surface area (Å²) < 4.78 is 25.3. The van der Waals surface area contributed by atoms with Gasteiger partial charge in [0.2, 0.25) is 11.8 Å². The monoisotopic (exact) mass is 463 g/mol. The molecule has 7 nitrogen and oxygen atoms in total. The van der Waals surface area contributed by atoms with Gasteiger partial charge < -0.3 is 19.8 Å². The van der Waals surface area contributed by atoms with Gasteiger partial charge in [0.05, 0.1) is 25.0 Å². The van der Waals surface area contributed by atoms with Crippen LogP contribution >= 0.6 is 11.6 Å². The Morgan fingerprint density at radius 2 is 2.16 bits per heavy atom. The quantitative estimate of drug-likeness (QED) is 0.558. The van der Waals surface area contributed by atoms with Gasteiger partial charge in [0.25, 0.3) is 0 Å². The van der Waals surface area contributed by atoms with Crippen LogP contribution in [0.2, 0.25) is 5.02 Å². The number of halogens is 2. The number of furan rings is 1. The van der Waals surface area contributed by atoms with Crippen molar-refractivity contribution in [3.63, 3.8) is 0 Å². The third kappa shape index (κ3) is 6.91. The lowest BCUT2D eigenvalue weighted by molar-refractivity contribution is -0.121. The van der Waals surface area contributed by atoms with Crippen LogP contribution < -0.4 is 10.6 Å². The smallest absolute Gasteiger partial charge is 0.244 e. The summed E-state index contributed by atoms with van der Waals surface area (Å²) in [5, 5.41) is 5.81. The van der Waals surface area contributed by atoms with E-state index in [-0.39, 0.29) is 37.4 Å². The van der Waals surface area contributed by atoms with Crippen LogP contribution in [0.1, 0.15) is 30.7 Å². The van der Waals surface area contributed by atoms with E-state index < -0.39 is 11.9 Å². The highest BCUT2D eigenvalue weighted by Gasteiger charge is 2.29. The number of benzene rings is 1. The summed E-state index contributed by atoms with van der Waals surface area (Å²) in [6.07, 6.45) is 4.49. The first-order valence-corrected chi connectivity index (χ1v) is 10.9. The molecule has 1 fully saturated rings. The number of rotatable bonds is 9. The standard InChI is InChI=1S/C23H27ClFN3O4/c1-16-15-28(11-13-31-16)20(23-18(24)5-2-6-19(23)25)14-27-22(30)9-10-26-21(29)8-7-17-4-3-12-32-17/h2-8,12,16,20H,9-11,13-15H2,1H3,(H,26,29)(H,27,30)/b8-7+. The third-order valence-corrected chi connectivity index (χ3v) is 5.46. The number of amides is 2. The van der Waals surface area contributed by atoms with Gasteiger partial charge in [-0.2, -0.15) is 0 Å². The van der Waals surface area contributed by atoms with Gasteiger partial charge in [-0.25, -0.2) is 4.39 Å². The molecule has 2 heterocycles. The Bertz CT molecular complexity index is 915. The van der Waals surface area contributed by atoms with E-state index in [2.05, 4.69) is 15.5 Å². The molecule has 2 aromatic rings. The number of morpholine rings is 1. The Labute approximate surface area is 191 Å². The normalized spacial score (nSPS) is 17.9. The molecule has 172 valence electrons. The molecular weight excluding hydrogens is 437 g/mol. The Balaban J connectivity index is 1.53. The van der Waals surface area contributed by atoms with Crippen molar-refractivity contribution in [3.8, 4) is 0 Å². The van der Waals surface area contributed by atoms with Crippen molar-refractivity contribution in [1.82, 2.24) is 15.5 Å². The molecule has 0 radical (unpaired) electrons. The van der Waals surface area contributed by atoms with Gasteiger partial charge in [-0.05, 0) is 37.3 Å². The highest BCUT2D eigenvalue weighted by Crippen LogP contribution is 2.31. The second-order valence-corrected chi connectivity index (χ2v) is 7.93. The third-order valence-electron chi connectivity index (χ3n) is 5.13. The first-order chi connectivity index (χ1) is 15.4. The van der Waals surface area contributed by atoms with Gasteiger partial charge in [-0.3, -0.25) is 14.5 Å². The Morgan fingerprint density at radius 3 is 2.88 bits per heavy atom. The first-order valence-electron chi connectivity index (χ1n) is 10.5. The number of hydrogen-bond donors (Lipinski definition) is 2. The Kier molecular flexibility index (Phi) is 8.84. The zero-order valence-electron chi connectivity index (χ0n) is 17.9. The number of carbonyl (C=O) groups excluding carboxylic acids is 2. The van der Waals surface area contributed by atoms with Crippen molar-refractivity contribution in [2.75, 3.05) is 32.8 Å². The van der Waals surface area contributed by atoms with Crippen LogP contribution in [0.5, 0.6) is 0 Å². The van der Waals surface area contributed by atoms with E-state index in [1.54, 1.807) is 30.3 Å². The first kappa shape index (κ1) is 24.0. The van der Waals surface area contributed by atoms with Crippen molar-refractivity contribution in [3.05, 3.63) is 64.8 Å². The van der Waals surface area contributed by atoms with Gasteiger partial charge >= 0.3 is 0 Å². The minimum Gasteiger partial charge on any atom is -0.465 e. The predicted octanol–water partition coefficient (Wildman–Crippen LogP) is 3.17. The van der Waals surface area contributed by atoms with E-state index in [1.165, 1.54) is 18.4 Å². The molecule has 1 aliphatic rings. The van der Waals surface area contributed by atoms with Crippen LogP contribution in [0.15, 0.2) is 47.1 Å². The van der Waals surface area contributed by atoms with Gasteiger partial charge in [0, 0.05) is 49.3 Å². The lowest BCUT2D eigenvalue weighted by atomic mass is 10.0. The fourth-order valence-corrected chi connectivity index (χ4v) is 3.86. The van der Waals surface area contributed by atoms with E-state index in [4.69, 9.17) is 20.8 Å². The van der Waals surface area contributed by atoms with Crippen molar-refractivity contribution < 1.29 is 23.1 Å². The molecule has 2 atom stereocenters. The molecule has 0 aliphatic carbocycles. The SMILES string of the molecule is CC1CN(C(CNC(=O)CCNC(=O)/C=C/c2ccco2)c2c(F)cccc2Cl)CCO1. The molecule has 2 amide bonds. The minimum atomic E-state index is -0.426. The molecule has 1 aromatic heterocycles. The molecular formula is C23H27ClFN3O4. The maximum Gasteiger partial charge on any atom is 0.244 e. The maximum absolute atomic E-state index is 14.6. The summed E-state index contributed by atoms with van der Waals surface area (Å²) in [5.74, 6) is -0.425. The lowest BCUT2D eigenvalue weighted by Gasteiger charge is -2.38. The molecule has 1 aliphatic heterocycles. The Hall–Kier alpha value is -2.68. The second-order valence-electron chi connectivity index (χ2n) is 7.52. The van der Waals surface area contributed by atoms with E-state index in [0.717, 1.165) is 0 Å². The van der Waals surface area contributed by atoms with Gasteiger partial charge in [0.15, 0.2) is 0 Å². The summed E-state index contributed by atoms with van der Waals surface area (Å²) >= 11 is 6.31. The van der Waals surface area contributed by atoms with Crippen molar-refractivity contribution in [2.45, 2.75) is 25.5 Å². The van der Waals surface area contributed by atoms with Crippen LogP contribution in [0, 0.1) is 5.82 Å². The molecule has 2 N–H and O–H groups in total. The average Bonchev–Trinajstić information content (AvgIpc) is 3.28. The number of nitrogens with zero attached hydrogens (tertiary/aromatic N) is 1. The molecule has 3 rings (SSSR count). The second kappa shape index (κ2) is 11.8. The van der Waals surface area contributed by atoms with Crippen LogP contribution in [0.25, 0.3) is 6.08 Å². The lowest BCUT2D eigenvalue weighted by Crippen LogP contribution is -2.47. The van der Waals surface area contributed by atoms with Crippen molar-refractivity contribution in [2.24, 2.45) is 0 Å². The van der Waals surface area contributed by atoms with Crippen molar-refractivity contribution in [1.29, 1.82) is 0 Å². The maximum atomic E-state index is 14.6. The average molecular weight is 464 g/mol. The van der Waals surface area contributed by atoms with Crippen LogP contribution in [-0.2, 0) is 14.3 Å². The van der Waals surface area contributed by atoms with Crippen molar-refractivity contribution >= 4 is 29.5 Å². The number of nitrogens with one attached hydrogen (secondary N) is 2. The topological polar surface area (TPSA) is 83.8 Å². The zero-order valence-corrected chi connectivity index (χ0v) is 18.6. The minimum absolute atomic E-state index is 0.00283. The highest BCUT2D eigenvalue weighted by atomic mass is 35.5. The Morgan fingerprint density at radius 1 is 1.31 bits per heavy atom. The summed E-state index contributed by atoms with van der Waals surface area (Å²) in [5.41, 5.74) is 0.361. The van der Waals surface area contributed by atoms with Gasteiger partial charge in [0.1, 0.15) is 11.6 Å². The molecule has 1 saturated heterocycles. The number of carbonyl (C=O) groups is 2. The largest absolute Gasteiger partial charge is 0.465 e. The molecule has 0 spiro atoms. The van der Waals surface area contributed by atoms with Crippen LogP contribution in [-0.4, -0.2) is 55.6 Å². The summed E-state index contributed by atoms with van der Waals surface area (Å²) in [7, 11) is 0. The zero-order chi connectivity index (χ0) is 22.9. The van der Waals surface area contributed by atoms with E-state index >= 15 is 0 Å². The van der Waals surface area contributed by atoms with E-state index in [9.17, 15) is 14.0 Å². The molecule has 0 bridgehead atoms. The molecule has 9 heteroatoms. The fraction of sp³-hybridized carbons (Fsp3) is 0.391. The predicted molar refractivity (Wildman–Crippen MR) is 120 cm³/mol. The summed E-state index contributed by atoms with van der Waals surface area (Å²) in [6.45, 7) is 4.05. The molecule has 32 heavy (non-hydrogen) atoms. The van der Waals surface area contributed by atoms with Gasteiger partial charge in [-0.1, -0.05) is 17.7 Å². The summed E-state index contributed by atoms with van der Waals surface area (Å²) in [4.78, 5) is 26.3. The molecule has 2 unspecified atom stereocenters. The molecule has 0 saturated carbocycles. The number of ether oxygens (including phenoxy) is 1. The molecule has 1 aromatic carbocycles. The number of hydrogen-bond acceptors (Lipinski definition) is 5. The van der Waals surface area contributed by atoms with E-state index in [1.807, 2.05) is 6.92 Å². The van der Waals surface area contributed by atoms with E-state index in [0.29, 0.717) is 36.0 Å². The fourth-order valence-electron chi connectivity index (χ4n) is 3.57.